The van der Waals surface area contributed by atoms with Gasteiger partial charge in [-0.1, -0.05) is 74.4 Å². The van der Waals surface area contributed by atoms with Crippen molar-refractivity contribution in [1.29, 1.82) is 0 Å². The molecule has 0 spiro atoms. The highest BCUT2D eigenvalue weighted by atomic mass is 28.4. The summed E-state index contributed by atoms with van der Waals surface area (Å²) in [5.41, 5.74) is 1.87. The summed E-state index contributed by atoms with van der Waals surface area (Å²) in [5, 5.41) is 0. The van der Waals surface area contributed by atoms with Crippen molar-refractivity contribution in [1.82, 2.24) is 0 Å². The summed E-state index contributed by atoms with van der Waals surface area (Å²) in [7, 11) is -0.508. The molecule has 40 heavy (non-hydrogen) atoms. The quantitative estimate of drug-likeness (QED) is 0.186. The van der Waals surface area contributed by atoms with Crippen molar-refractivity contribution < 1.29 is 32.9 Å². The molecule has 0 aromatic heterocycles. The zero-order valence-electron chi connectivity index (χ0n) is 26.5. The first-order valence-corrected chi connectivity index (χ1v) is 17.1. The van der Waals surface area contributed by atoms with Crippen molar-refractivity contribution in [3.63, 3.8) is 0 Å². The molecule has 2 fully saturated rings. The van der Waals surface area contributed by atoms with Crippen molar-refractivity contribution in [2.75, 3.05) is 26.9 Å². The minimum atomic E-state index is -2.17. The first-order valence-electron chi connectivity index (χ1n) is 15.0. The molecule has 0 N–H and O–H groups in total. The van der Waals surface area contributed by atoms with Crippen LogP contribution in [0.15, 0.2) is 24.3 Å². The molecule has 3 rings (SSSR count). The van der Waals surface area contributed by atoms with Gasteiger partial charge in [0.2, 0.25) is 0 Å². The molecule has 0 amide bonds. The molecule has 0 aliphatic carbocycles. The molecule has 1 aromatic rings. The summed E-state index contributed by atoms with van der Waals surface area (Å²) in [6, 6.07) is 7.91. The standard InChI is InChI=1S/C32H54O7Si/c1-22(2)40(23(3)4,24(5)6)38-21-32(9)28(35-18-25-11-13-26(34-10)14-12-25)15-27(17-33)39-29(32)16-30-36-19-31(7,8)20-37-30/h11-14,17,22-24,27-30H,15-16,18-21H2,1-10H3/t27-,28+,29-,32+/m1/s1. The van der Waals surface area contributed by atoms with Gasteiger partial charge in [-0.3, -0.25) is 0 Å². The molecular formula is C32H54O7Si. The summed E-state index contributed by atoms with van der Waals surface area (Å²) in [6.45, 7) is 22.4. The van der Waals surface area contributed by atoms with E-state index in [4.69, 9.17) is 28.1 Å². The van der Waals surface area contributed by atoms with E-state index in [2.05, 4.69) is 62.3 Å². The van der Waals surface area contributed by atoms with Gasteiger partial charge in [-0.2, -0.15) is 0 Å². The van der Waals surface area contributed by atoms with E-state index >= 15 is 0 Å². The molecule has 2 aliphatic heterocycles. The number of carbonyl (C=O) groups is 1. The Hall–Kier alpha value is -1.29. The Kier molecular flexibility index (Phi) is 11.4. The number of hydrogen-bond acceptors (Lipinski definition) is 7. The minimum absolute atomic E-state index is 0.0251. The normalized spacial score (nSPS) is 27.9. The fourth-order valence-corrected chi connectivity index (χ4v) is 12.3. The van der Waals surface area contributed by atoms with Crippen LogP contribution in [0.3, 0.4) is 0 Å². The maximum atomic E-state index is 12.1. The van der Waals surface area contributed by atoms with E-state index in [0.717, 1.165) is 17.6 Å². The van der Waals surface area contributed by atoms with Crippen LogP contribution in [-0.4, -0.2) is 66.1 Å². The fraction of sp³-hybridized carbons (Fsp3) is 0.781. The van der Waals surface area contributed by atoms with Gasteiger partial charge in [0.15, 0.2) is 14.6 Å². The number of aldehydes is 1. The average molecular weight is 579 g/mol. The van der Waals surface area contributed by atoms with Gasteiger partial charge in [0, 0.05) is 30.3 Å². The predicted octanol–water partition coefficient (Wildman–Crippen LogP) is 6.92. The van der Waals surface area contributed by atoms with Gasteiger partial charge in [-0.15, -0.1) is 0 Å². The van der Waals surface area contributed by atoms with Crippen molar-refractivity contribution >= 4 is 14.6 Å². The topological polar surface area (TPSA) is 72.5 Å². The van der Waals surface area contributed by atoms with Gasteiger partial charge in [0.05, 0.1) is 39.1 Å². The zero-order chi connectivity index (χ0) is 29.7. The summed E-state index contributed by atoms with van der Waals surface area (Å²) < 4.78 is 37.9. The maximum Gasteiger partial charge on any atom is 0.200 e. The largest absolute Gasteiger partial charge is 0.497 e. The molecule has 0 radical (unpaired) electrons. The lowest BCUT2D eigenvalue weighted by atomic mass is 9.73. The lowest BCUT2D eigenvalue weighted by Crippen LogP contribution is -2.59. The molecule has 7 nitrogen and oxygen atoms in total. The van der Waals surface area contributed by atoms with Gasteiger partial charge < -0.3 is 32.9 Å². The van der Waals surface area contributed by atoms with Gasteiger partial charge in [-0.05, 0) is 34.3 Å². The van der Waals surface area contributed by atoms with Gasteiger partial charge >= 0.3 is 0 Å². The second-order valence-electron chi connectivity index (χ2n) is 13.7. The minimum Gasteiger partial charge on any atom is -0.497 e. The molecule has 8 heteroatoms. The summed E-state index contributed by atoms with van der Waals surface area (Å²) in [5.74, 6) is 0.808. The lowest BCUT2D eigenvalue weighted by Gasteiger charge is -2.52. The van der Waals surface area contributed by atoms with E-state index in [1.165, 1.54) is 0 Å². The predicted molar refractivity (Wildman–Crippen MR) is 160 cm³/mol. The first-order chi connectivity index (χ1) is 18.8. The fourth-order valence-electron chi connectivity index (χ4n) is 6.70. The number of carbonyl (C=O) groups excluding carboxylic acids is 1. The maximum absolute atomic E-state index is 12.1. The Morgan fingerprint density at radius 3 is 2.05 bits per heavy atom. The molecule has 0 saturated carbocycles. The monoisotopic (exact) mass is 578 g/mol. The summed E-state index contributed by atoms with van der Waals surface area (Å²) in [4.78, 5) is 12.1. The van der Waals surface area contributed by atoms with Gasteiger partial charge in [-0.25, -0.2) is 0 Å². The molecule has 1 aromatic carbocycles. The summed E-state index contributed by atoms with van der Waals surface area (Å²) in [6.07, 6.45) is 0.368. The Bertz CT molecular complexity index is 900. The van der Waals surface area contributed by atoms with E-state index in [1.54, 1.807) is 7.11 Å². The molecule has 2 saturated heterocycles. The van der Waals surface area contributed by atoms with Crippen LogP contribution in [0, 0.1) is 10.8 Å². The van der Waals surface area contributed by atoms with E-state index < -0.39 is 26.1 Å². The number of rotatable bonds is 13. The SMILES string of the molecule is COc1ccc(CO[C@H]2C[C@H](C=O)O[C@H](CC3OCC(C)(C)CO3)[C@@]2(C)CO[Si](C(C)C)(C(C)C)C(C)C)cc1. The van der Waals surface area contributed by atoms with Crippen molar-refractivity contribution in [2.24, 2.45) is 10.8 Å². The third kappa shape index (κ3) is 7.55. The highest BCUT2D eigenvalue weighted by Crippen LogP contribution is 2.47. The van der Waals surface area contributed by atoms with Crippen LogP contribution in [0.4, 0.5) is 0 Å². The number of hydrogen-bond donors (Lipinski definition) is 0. The van der Waals surface area contributed by atoms with Crippen LogP contribution in [0.5, 0.6) is 5.75 Å². The third-order valence-corrected chi connectivity index (χ3v) is 15.1. The molecule has 228 valence electrons. The van der Waals surface area contributed by atoms with E-state index in [9.17, 15) is 4.79 Å². The Morgan fingerprint density at radius 1 is 0.975 bits per heavy atom. The van der Waals surface area contributed by atoms with Crippen LogP contribution >= 0.6 is 0 Å². The average Bonchev–Trinajstić information content (AvgIpc) is 2.90. The second-order valence-corrected chi connectivity index (χ2v) is 19.2. The highest BCUT2D eigenvalue weighted by molar-refractivity contribution is 6.77. The molecule has 4 atom stereocenters. The van der Waals surface area contributed by atoms with Crippen molar-refractivity contribution in [2.45, 2.75) is 123 Å². The van der Waals surface area contributed by atoms with Crippen LogP contribution in [0.1, 0.15) is 80.7 Å². The van der Waals surface area contributed by atoms with Gasteiger partial charge in [0.1, 0.15) is 18.1 Å². The van der Waals surface area contributed by atoms with Crippen molar-refractivity contribution in [3.8, 4) is 5.75 Å². The smallest absolute Gasteiger partial charge is 0.200 e. The second kappa shape index (κ2) is 13.8. The van der Waals surface area contributed by atoms with E-state index in [-0.39, 0.29) is 17.6 Å². The number of benzene rings is 1. The van der Waals surface area contributed by atoms with Gasteiger partial charge in [0.25, 0.3) is 0 Å². The zero-order valence-corrected chi connectivity index (χ0v) is 27.5. The lowest BCUT2D eigenvalue weighted by molar-refractivity contribution is -0.261. The molecule has 2 heterocycles. The molecular weight excluding hydrogens is 524 g/mol. The Balaban J connectivity index is 1.91. The Labute approximate surface area is 243 Å². The van der Waals surface area contributed by atoms with Crippen LogP contribution < -0.4 is 4.74 Å². The summed E-state index contributed by atoms with van der Waals surface area (Å²) >= 11 is 0. The van der Waals surface area contributed by atoms with Crippen LogP contribution in [0.25, 0.3) is 0 Å². The molecule has 2 aliphatic rings. The number of methoxy groups -OCH3 is 1. The molecule has 0 bridgehead atoms. The van der Waals surface area contributed by atoms with Crippen LogP contribution in [-0.2, 0) is 34.8 Å². The number of ether oxygens (including phenoxy) is 5. The first kappa shape index (κ1) is 33.2. The highest BCUT2D eigenvalue weighted by Gasteiger charge is 2.53. The Morgan fingerprint density at radius 2 is 1.55 bits per heavy atom. The molecule has 0 unspecified atom stereocenters. The van der Waals surface area contributed by atoms with E-state index in [0.29, 0.717) is 55.9 Å². The third-order valence-electron chi connectivity index (χ3n) is 9.09. The van der Waals surface area contributed by atoms with Crippen molar-refractivity contribution in [3.05, 3.63) is 29.8 Å². The van der Waals surface area contributed by atoms with Crippen LogP contribution in [0.2, 0.25) is 16.6 Å². The van der Waals surface area contributed by atoms with E-state index in [1.807, 2.05) is 24.3 Å².